The van der Waals surface area contributed by atoms with Crippen molar-refractivity contribution in [2.45, 2.75) is 11.8 Å². The maximum absolute atomic E-state index is 12.9. The third-order valence-corrected chi connectivity index (χ3v) is 4.98. The molecule has 3 aromatic rings. The number of benzene rings is 2. The molecule has 9 heteroatoms. The van der Waals surface area contributed by atoms with E-state index in [0.29, 0.717) is 11.4 Å². The van der Waals surface area contributed by atoms with Gasteiger partial charge in [0.15, 0.2) is 5.69 Å². The Bertz CT molecular complexity index is 1040. The molecule has 1 heterocycles. The number of aromatic nitrogens is 2. The Balaban J connectivity index is 1.75. The van der Waals surface area contributed by atoms with E-state index in [1.54, 1.807) is 37.4 Å². The summed E-state index contributed by atoms with van der Waals surface area (Å²) in [6.07, 6.45) is 1.60. The lowest BCUT2D eigenvalue weighted by Gasteiger charge is -2.09. The third-order valence-electron chi connectivity index (χ3n) is 3.58. The van der Waals surface area contributed by atoms with Crippen LogP contribution in [-0.2, 0) is 14.8 Å². The van der Waals surface area contributed by atoms with Crippen LogP contribution in [0.15, 0.2) is 65.7 Å². The Labute approximate surface area is 155 Å². The molecule has 3 rings (SSSR count). The first-order valence-corrected chi connectivity index (χ1v) is 9.49. The molecule has 0 aliphatic heterocycles. The van der Waals surface area contributed by atoms with Crippen LogP contribution in [0.25, 0.3) is 5.69 Å². The van der Waals surface area contributed by atoms with Gasteiger partial charge in [-0.2, -0.15) is 5.10 Å². The van der Waals surface area contributed by atoms with Crippen molar-refractivity contribution in [3.8, 4) is 5.69 Å². The van der Waals surface area contributed by atoms with Crippen molar-refractivity contribution < 1.29 is 22.3 Å². The van der Waals surface area contributed by atoms with E-state index >= 15 is 0 Å². The van der Waals surface area contributed by atoms with Crippen molar-refractivity contribution in [3.63, 3.8) is 0 Å². The van der Waals surface area contributed by atoms with Crippen LogP contribution in [0.1, 0.15) is 17.4 Å². The van der Waals surface area contributed by atoms with Gasteiger partial charge in [0, 0.05) is 11.9 Å². The molecular weight excluding hydrogens is 373 g/mol. The van der Waals surface area contributed by atoms with Crippen LogP contribution in [0.3, 0.4) is 0 Å². The molecule has 0 bridgehead atoms. The van der Waals surface area contributed by atoms with Crippen molar-refractivity contribution in [2.24, 2.45) is 0 Å². The van der Waals surface area contributed by atoms with E-state index in [4.69, 9.17) is 4.74 Å². The minimum atomic E-state index is -3.82. The minimum Gasteiger partial charge on any atom is -0.461 e. The van der Waals surface area contributed by atoms with Gasteiger partial charge in [0.2, 0.25) is 0 Å². The first-order valence-electron chi connectivity index (χ1n) is 8.00. The lowest BCUT2D eigenvalue weighted by atomic mass is 10.3. The van der Waals surface area contributed by atoms with Gasteiger partial charge < -0.3 is 4.74 Å². The number of sulfonamides is 1. The highest BCUT2D eigenvalue weighted by atomic mass is 32.2. The van der Waals surface area contributed by atoms with Gasteiger partial charge in [-0.05, 0) is 61.5 Å². The van der Waals surface area contributed by atoms with E-state index < -0.39 is 21.8 Å². The maximum atomic E-state index is 12.9. The molecule has 7 nitrogen and oxygen atoms in total. The summed E-state index contributed by atoms with van der Waals surface area (Å²) in [6.45, 7) is 1.97. The summed E-state index contributed by atoms with van der Waals surface area (Å²) in [4.78, 5) is 11.6. The molecule has 0 amide bonds. The first-order chi connectivity index (χ1) is 12.9. The van der Waals surface area contributed by atoms with Crippen LogP contribution >= 0.6 is 0 Å². The fourth-order valence-electron chi connectivity index (χ4n) is 2.29. The standard InChI is InChI=1S/C18H16FN3O4S/c1-2-26-18(23)17-11-12-22(20-17)15-7-5-14(6-8-15)21-27(24,25)16-9-3-13(19)4-10-16/h3-12,21H,2H2,1H3. The van der Waals surface area contributed by atoms with Crippen molar-refractivity contribution in [3.05, 3.63) is 72.3 Å². The smallest absolute Gasteiger partial charge is 0.358 e. The quantitative estimate of drug-likeness (QED) is 0.655. The predicted octanol–water partition coefficient (Wildman–Crippen LogP) is 2.99. The van der Waals surface area contributed by atoms with Crippen molar-refractivity contribution in [2.75, 3.05) is 11.3 Å². The zero-order chi connectivity index (χ0) is 19.4. The summed E-state index contributed by atoms with van der Waals surface area (Å²) in [5.74, 6) is -1.03. The van der Waals surface area contributed by atoms with Crippen LogP contribution < -0.4 is 4.72 Å². The molecule has 2 aromatic carbocycles. The number of esters is 1. The molecule has 27 heavy (non-hydrogen) atoms. The van der Waals surface area contributed by atoms with Crippen LogP contribution in [0.2, 0.25) is 0 Å². The summed E-state index contributed by atoms with van der Waals surface area (Å²) < 4.78 is 46.3. The van der Waals surface area contributed by atoms with Gasteiger partial charge in [0.05, 0.1) is 17.2 Å². The number of carbonyl (C=O) groups is 1. The molecule has 0 aliphatic rings. The highest BCUT2D eigenvalue weighted by molar-refractivity contribution is 7.92. The minimum absolute atomic E-state index is 0.0425. The predicted molar refractivity (Wildman–Crippen MR) is 96.7 cm³/mol. The molecule has 0 aliphatic carbocycles. The number of rotatable bonds is 6. The fourth-order valence-corrected chi connectivity index (χ4v) is 3.35. The zero-order valence-corrected chi connectivity index (χ0v) is 15.1. The topological polar surface area (TPSA) is 90.3 Å². The van der Waals surface area contributed by atoms with Gasteiger partial charge in [0.25, 0.3) is 10.0 Å². The van der Waals surface area contributed by atoms with Crippen LogP contribution in [0.5, 0.6) is 0 Å². The van der Waals surface area contributed by atoms with Crippen LogP contribution in [0, 0.1) is 5.82 Å². The van der Waals surface area contributed by atoms with Gasteiger partial charge in [-0.3, -0.25) is 4.72 Å². The van der Waals surface area contributed by atoms with Gasteiger partial charge in [-0.15, -0.1) is 0 Å². The number of nitrogens with zero attached hydrogens (tertiary/aromatic N) is 2. The number of hydrogen-bond donors (Lipinski definition) is 1. The summed E-state index contributed by atoms with van der Waals surface area (Å²) in [5.41, 5.74) is 1.15. The SMILES string of the molecule is CCOC(=O)c1ccn(-c2ccc(NS(=O)(=O)c3ccc(F)cc3)cc2)n1. The molecule has 0 unspecified atom stereocenters. The largest absolute Gasteiger partial charge is 0.461 e. The average Bonchev–Trinajstić information content (AvgIpc) is 3.13. The number of ether oxygens (including phenoxy) is 1. The number of anilines is 1. The van der Waals surface area contributed by atoms with Crippen LogP contribution in [0.4, 0.5) is 10.1 Å². The average molecular weight is 389 g/mol. The summed E-state index contributed by atoms with van der Waals surface area (Å²) in [7, 11) is -3.82. The summed E-state index contributed by atoms with van der Waals surface area (Å²) in [5, 5.41) is 4.13. The molecule has 140 valence electrons. The molecule has 0 atom stereocenters. The van der Waals surface area contributed by atoms with Crippen molar-refractivity contribution in [1.29, 1.82) is 0 Å². The van der Waals surface area contributed by atoms with Crippen molar-refractivity contribution >= 4 is 21.7 Å². The third kappa shape index (κ3) is 4.32. The summed E-state index contributed by atoms with van der Waals surface area (Å²) in [6, 6.07) is 12.5. The molecular formula is C18H16FN3O4S. The fraction of sp³-hybridized carbons (Fsp3) is 0.111. The van der Waals surface area contributed by atoms with Gasteiger partial charge >= 0.3 is 5.97 Å². The molecule has 0 saturated carbocycles. The summed E-state index contributed by atoms with van der Waals surface area (Å²) >= 11 is 0. The number of halogens is 1. The Hall–Kier alpha value is -3.20. The Morgan fingerprint density at radius 1 is 1.11 bits per heavy atom. The molecule has 0 fully saturated rings. The second kappa shape index (κ2) is 7.58. The van der Waals surface area contributed by atoms with Crippen molar-refractivity contribution in [1.82, 2.24) is 9.78 Å². The number of hydrogen-bond acceptors (Lipinski definition) is 5. The lowest BCUT2D eigenvalue weighted by molar-refractivity contribution is 0.0519. The van der Waals surface area contributed by atoms with Gasteiger partial charge in [0.1, 0.15) is 5.82 Å². The van der Waals surface area contributed by atoms with Gasteiger partial charge in [-0.25, -0.2) is 22.3 Å². The second-order valence-electron chi connectivity index (χ2n) is 5.47. The molecule has 1 N–H and O–H groups in total. The maximum Gasteiger partial charge on any atom is 0.358 e. The highest BCUT2D eigenvalue weighted by Crippen LogP contribution is 2.18. The number of nitrogens with one attached hydrogen (secondary N) is 1. The van der Waals surface area contributed by atoms with Crippen LogP contribution in [-0.4, -0.2) is 30.8 Å². The van der Waals surface area contributed by atoms with E-state index in [2.05, 4.69) is 9.82 Å². The zero-order valence-electron chi connectivity index (χ0n) is 14.3. The normalized spacial score (nSPS) is 11.2. The highest BCUT2D eigenvalue weighted by Gasteiger charge is 2.15. The Morgan fingerprint density at radius 3 is 2.41 bits per heavy atom. The van der Waals surface area contributed by atoms with E-state index in [0.717, 1.165) is 12.1 Å². The van der Waals surface area contributed by atoms with E-state index in [-0.39, 0.29) is 17.2 Å². The molecule has 0 saturated heterocycles. The molecule has 0 spiro atoms. The lowest BCUT2D eigenvalue weighted by Crippen LogP contribution is -2.13. The van der Waals surface area contributed by atoms with E-state index in [1.807, 2.05) is 0 Å². The van der Waals surface area contributed by atoms with E-state index in [1.165, 1.54) is 22.9 Å². The second-order valence-corrected chi connectivity index (χ2v) is 7.15. The van der Waals surface area contributed by atoms with Gasteiger partial charge in [-0.1, -0.05) is 0 Å². The Morgan fingerprint density at radius 2 is 1.78 bits per heavy atom. The molecule has 0 radical (unpaired) electrons. The Kier molecular flexibility index (Phi) is 5.22. The monoisotopic (exact) mass is 389 g/mol. The first kappa shape index (κ1) is 18.6. The molecule has 1 aromatic heterocycles. The number of carbonyl (C=O) groups excluding carboxylic acids is 1. The van der Waals surface area contributed by atoms with E-state index in [9.17, 15) is 17.6 Å².